The van der Waals surface area contributed by atoms with Crippen molar-refractivity contribution in [1.82, 2.24) is 4.98 Å². The highest BCUT2D eigenvalue weighted by Crippen LogP contribution is 2.26. The van der Waals surface area contributed by atoms with Crippen LogP contribution in [0.25, 0.3) is 10.6 Å². The van der Waals surface area contributed by atoms with Crippen LogP contribution in [0.1, 0.15) is 16.1 Å². The van der Waals surface area contributed by atoms with Gasteiger partial charge in [0.2, 0.25) is 0 Å². The number of aromatic nitrogens is 1. The second kappa shape index (κ2) is 6.07. The van der Waals surface area contributed by atoms with E-state index >= 15 is 0 Å². The van der Waals surface area contributed by atoms with Gasteiger partial charge < -0.3 is 9.84 Å². The number of esters is 1. The summed E-state index contributed by atoms with van der Waals surface area (Å²) in [6.45, 7) is 0.120. The maximum atomic E-state index is 11.8. The molecule has 1 N–H and O–H groups in total. The van der Waals surface area contributed by atoms with E-state index in [4.69, 9.17) is 4.74 Å². The summed E-state index contributed by atoms with van der Waals surface area (Å²) in [6, 6.07) is 8.08. The van der Waals surface area contributed by atoms with Gasteiger partial charge in [0.25, 0.3) is 0 Å². The predicted molar refractivity (Wildman–Crippen MR) is 82.7 cm³/mol. The van der Waals surface area contributed by atoms with E-state index in [2.05, 4.69) is 4.98 Å². The number of phenolic OH excluding ortho intramolecular Hbond substituents is 1. The van der Waals surface area contributed by atoms with Crippen LogP contribution in [0, 0.1) is 0 Å². The first-order valence-electron chi connectivity index (χ1n) is 6.15. The molecule has 0 unspecified atom stereocenters. The van der Waals surface area contributed by atoms with E-state index in [0.717, 1.165) is 16.3 Å². The Balaban J connectivity index is 1.64. The normalized spacial score (nSPS) is 10.5. The highest BCUT2D eigenvalue weighted by Gasteiger charge is 2.10. The van der Waals surface area contributed by atoms with E-state index in [1.165, 1.54) is 23.5 Å². The molecule has 0 spiro atoms. The number of benzene rings is 1. The number of hydrogen-bond acceptors (Lipinski definition) is 6. The Hall–Kier alpha value is -2.18. The van der Waals surface area contributed by atoms with Gasteiger partial charge in [-0.2, -0.15) is 11.3 Å². The Bertz CT molecular complexity index is 750. The van der Waals surface area contributed by atoms with E-state index in [1.807, 2.05) is 22.2 Å². The molecule has 0 bridgehead atoms. The number of carbonyl (C=O) groups excluding carboxylic acids is 1. The van der Waals surface area contributed by atoms with Crippen molar-refractivity contribution in [2.24, 2.45) is 0 Å². The van der Waals surface area contributed by atoms with Crippen LogP contribution < -0.4 is 0 Å². The second-order valence-corrected chi connectivity index (χ2v) is 5.92. The highest BCUT2D eigenvalue weighted by atomic mass is 32.1. The molecule has 21 heavy (non-hydrogen) atoms. The molecule has 3 rings (SSSR count). The van der Waals surface area contributed by atoms with Crippen LogP contribution in [-0.4, -0.2) is 16.1 Å². The average molecular weight is 317 g/mol. The van der Waals surface area contributed by atoms with Crippen LogP contribution in [0.3, 0.4) is 0 Å². The van der Waals surface area contributed by atoms with Crippen LogP contribution in [0.15, 0.2) is 46.5 Å². The lowest BCUT2D eigenvalue weighted by Gasteiger charge is -2.03. The monoisotopic (exact) mass is 317 g/mol. The Morgan fingerprint density at radius 3 is 2.95 bits per heavy atom. The van der Waals surface area contributed by atoms with Crippen molar-refractivity contribution in [3.8, 4) is 16.3 Å². The van der Waals surface area contributed by atoms with E-state index < -0.39 is 5.97 Å². The van der Waals surface area contributed by atoms with Crippen molar-refractivity contribution in [1.29, 1.82) is 0 Å². The van der Waals surface area contributed by atoms with Crippen molar-refractivity contribution in [3.63, 3.8) is 0 Å². The minimum atomic E-state index is -0.476. The quantitative estimate of drug-likeness (QED) is 0.741. The van der Waals surface area contributed by atoms with Crippen LogP contribution >= 0.6 is 22.7 Å². The van der Waals surface area contributed by atoms with Crippen molar-refractivity contribution in [3.05, 3.63) is 57.7 Å². The molecule has 3 aromatic rings. The molecular weight excluding hydrogens is 306 g/mol. The molecular formula is C15H11NO3S2. The molecule has 2 heterocycles. The zero-order valence-electron chi connectivity index (χ0n) is 10.9. The third-order valence-corrected chi connectivity index (χ3v) is 4.38. The van der Waals surface area contributed by atoms with Crippen LogP contribution in [-0.2, 0) is 11.3 Å². The molecule has 0 saturated heterocycles. The van der Waals surface area contributed by atoms with Gasteiger partial charge in [-0.3, -0.25) is 0 Å². The summed E-state index contributed by atoms with van der Waals surface area (Å²) in [7, 11) is 0. The summed E-state index contributed by atoms with van der Waals surface area (Å²) < 4.78 is 5.20. The summed E-state index contributed by atoms with van der Waals surface area (Å²) in [4.78, 5) is 16.3. The van der Waals surface area contributed by atoms with Gasteiger partial charge in [0, 0.05) is 16.3 Å². The lowest BCUT2D eigenvalue weighted by atomic mass is 10.2. The zero-order valence-corrected chi connectivity index (χ0v) is 12.5. The summed E-state index contributed by atoms with van der Waals surface area (Å²) >= 11 is 3.14. The van der Waals surface area contributed by atoms with Gasteiger partial charge in [0.15, 0.2) is 0 Å². The minimum Gasteiger partial charge on any atom is -0.508 e. The standard InChI is InChI=1S/C15H11NO3S2/c17-13-3-1-2-10(6-13)15(18)19-7-12-9-21-14(16-12)11-4-5-20-8-11/h1-6,8-9,17H,7H2. The molecule has 106 valence electrons. The number of hydrogen-bond donors (Lipinski definition) is 1. The summed E-state index contributed by atoms with van der Waals surface area (Å²) in [6.07, 6.45) is 0. The van der Waals surface area contributed by atoms with Gasteiger partial charge in [0.05, 0.1) is 11.3 Å². The first-order chi connectivity index (χ1) is 10.2. The smallest absolute Gasteiger partial charge is 0.338 e. The van der Waals surface area contributed by atoms with E-state index in [9.17, 15) is 9.90 Å². The lowest BCUT2D eigenvalue weighted by molar-refractivity contribution is 0.0468. The number of aromatic hydroxyl groups is 1. The number of nitrogens with zero attached hydrogens (tertiary/aromatic N) is 1. The highest BCUT2D eigenvalue weighted by molar-refractivity contribution is 7.14. The number of phenols is 1. The average Bonchev–Trinajstić information content (AvgIpc) is 3.15. The zero-order chi connectivity index (χ0) is 14.7. The van der Waals surface area contributed by atoms with Crippen molar-refractivity contribution >= 4 is 28.6 Å². The third kappa shape index (κ3) is 3.29. The van der Waals surface area contributed by atoms with Crippen molar-refractivity contribution < 1.29 is 14.6 Å². The number of carbonyl (C=O) groups is 1. The van der Waals surface area contributed by atoms with Gasteiger partial charge in [-0.1, -0.05) is 6.07 Å². The van der Waals surface area contributed by atoms with Crippen LogP contribution in [0.2, 0.25) is 0 Å². The maximum absolute atomic E-state index is 11.8. The largest absolute Gasteiger partial charge is 0.508 e. The molecule has 2 aromatic heterocycles. The maximum Gasteiger partial charge on any atom is 0.338 e. The van der Waals surface area contributed by atoms with Crippen molar-refractivity contribution in [2.75, 3.05) is 0 Å². The molecule has 0 aliphatic carbocycles. The first-order valence-corrected chi connectivity index (χ1v) is 7.98. The molecule has 6 heteroatoms. The fraction of sp³-hybridized carbons (Fsp3) is 0.0667. The SMILES string of the molecule is O=C(OCc1csc(-c2ccsc2)n1)c1cccc(O)c1. The summed E-state index contributed by atoms with van der Waals surface area (Å²) in [5.41, 5.74) is 2.12. The van der Waals surface area contributed by atoms with Gasteiger partial charge in [-0.05, 0) is 29.6 Å². The molecule has 1 aromatic carbocycles. The molecule has 0 aliphatic rings. The molecule has 0 saturated carbocycles. The number of rotatable bonds is 4. The van der Waals surface area contributed by atoms with Crippen LogP contribution in [0.4, 0.5) is 0 Å². The number of thiophene rings is 1. The van der Waals surface area contributed by atoms with Gasteiger partial charge >= 0.3 is 5.97 Å². The molecule has 0 radical (unpaired) electrons. The molecule has 0 amide bonds. The van der Waals surface area contributed by atoms with Gasteiger partial charge in [-0.25, -0.2) is 9.78 Å². The Morgan fingerprint density at radius 1 is 1.29 bits per heavy atom. The minimum absolute atomic E-state index is 0.0397. The van der Waals surface area contributed by atoms with Crippen molar-refractivity contribution in [2.45, 2.75) is 6.61 Å². The van der Waals surface area contributed by atoms with E-state index in [0.29, 0.717) is 5.56 Å². The Labute approximate surface area is 129 Å². The third-order valence-electron chi connectivity index (χ3n) is 2.75. The molecule has 0 fully saturated rings. The van der Waals surface area contributed by atoms with E-state index in [-0.39, 0.29) is 12.4 Å². The number of thiazole rings is 1. The molecule has 4 nitrogen and oxygen atoms in total. The molecule has 0 aliphatic heterocycles. The topological polar surface area (TPSA) is 59.4 Å². The van der Waals surface area contributed by atoms with Gasteiger partial charge in [-0.15, -0.1) is 11.3 Å². The predicted octanol–water partition coefficient (Wildman–Crippen LogP) is 3.93. The Morgan fingerprint density at radius 2 is 2.19 bits per heavy atom. The number of ether oxygens (including phenoxy) is 1. The fourth-order valence-corrected chi connectivity index (χ4v) is 3.26. The fourth-order valence-electron chi connectivity index (χ4n) is 1.75. The Kier molecular flexibility index (Phi) is 3.98. The van der Waals surface area contributed by atoms with Gasteiger partial charge in [0.1, 0.15) is 17.4 Å². The second-order valence-electron chi connectivity index (χ2n) is 4.28. The summed E-state index contributed by atoms with van der Waals surface area (Å²) in [5, 5.41) is 16.2. The van der Waals surface area contributed by atoms with E-state index in [1.54, 1.807) is 23.5 Å². The first kappa shape index (κ1) is 13.8. The molecule has 0 atom stereocenters. The summed E-state index contributed by atoms with van der Waals surface area (Å²) in [5.74, 6) is -0.436. The lowest BCUT2D eigenvalue weighted by Crippen LogP contribution is -2.05. The van der Waals surface area contributed by atoms with Crippen LogP contribution in [0.5, 0.6) is 5.75 Å².